The summed E-state index contributed by atoms with van der Waals surface area (Å²) in [5, 5.41) is 3.84. The molecule has 0 amide bonds. The van der Waals surface area contributed by atoms with E-state index in [1.54, 1.807) is 11.1 Å². The molecule has 2 atom stereocenters. The lowest BCUT2D eigenvalue weighted by molar-refractivity contribution is 0.448. The molecule has 1 N–H and O–H groups in total. The van der Waals surface area contributed by atoms with Crippen molar-refractivity contribution in [3.05, 3.63) is 35.5 Å². The summed E-state index contributed by atoms with van der Waals surface area (Å²) in [6.45, 7) is 1.27. The predicted octanol–water partition coefficient (Wildman–Crippen LogP) is 3.74. The Morgan fingerprint density at radius 1 is 1.22 bits per heavy atom. The largest absolute Gasteiger partial charge is 0.313 e. The van der Waals surface area contributed by atoms with Crippen LogP contribution in [0.5, 0.6) is 0 Å². The molecule has 2 unspecified atom stereocenters. The number of nitrogens with one attached hydrogen (secondary N) is 1. The van der Waals surface area contributed by atoms with Crippen molar-refractivity contribution in [2.24, 2.45) is 11.3 Å². The Hall–Kier alpha value is -0.820. The van der Waals surface area contributed by atoms with Crippen molar-refractivity contribution in [2.45, 2.75) is 51.0 Å². The van der Waals surface area contributed by atoms with Gasteiger partial charge in [0.2, 0.25) is 0 Å². The molecule has 0 bridgehead atoms. The van der Waals surface area contributed by atoms with E-state index in [-0.39, 0.29) is 0 Å². The average molecular weight is 241 g/mol. The van der Waals surface area contributed by atoms with Crippen LogP contribution in [0, 0.1) is 11.3 Å². The third kappa shape index (κ3) is 1.80. The van der Waals surface area contributed by atoms with Gasteiger partial charge in [-0.25, -0.2) is 0 Å². The molecule has 1 nitrogen and oxygen atoms in total. The van der Waals surface area contributed by atoms with Gasteiger partial charge in [-0.2, -0.15) is 0 Å². The number of hydrogen-bond donors (Lipinski definition) is 1. The van der Waals surface area contributed by atoms with Gasteiger partial charge < -0.3 is 5.32 Å². The van der Waals surface area contributed by atoms with Gasteiger partial charge in [-0.05, 0) is 68.6 Å². The second-order valence-corrected chi connectivity index (χ2v) is 6.60. The maximum Gasteiger partial charge on any atom is 0.0174 e. The van der Waals surface area contributed by atoms with Crippen molar-refractivity contribution in [3.8, 4) is 0 Å². The van der Waals surface area contributed by atoms with Crippen molar-refractivity contribution in [1.29, 1.82) is 0 Å². The van der Waals surface area contributed by atoms with Gasteiger partial charge in [0.15, 0.2) is 0 Å². The van der Waals surface area contributed by atoms with Gasteiger partial charge >= 0.3 is 0 Å². The molecule has 0 aromatic rings. The highest BCUT2D eigenvalue weighted by atomic mass is 15.0. The predicted molar refractivity (Wildman–Crippen MR) is 75.3 cm³/mol. The van der Waals surface area contributed by atoms with Crippen LogP contribution in [0.25, 0.3) is 0 Å². The Bertz CT molecular complexity index is 439. The highest BCUT2D eigenvalue weighted by molar-refractivity contribution is 5.47. The van der Waals surface area contributed by atoms with Gasteiger partial charge in [0.05, 0.1) is 0 Å². The van der Waals surface area contributed by atoms with Crippen LogP contribution < -0.4 is 5.32 Å². The molecule has 4 aliphatic carbocycles. The van der Waals surface area contributed by atoms with Crippen molar-refractivity contribution >= 4 is 0 Å². The Balaban J connectivity index is 1.55. The Labute approximate surface area is 110 Å². The molecular formula is C17H23N. The summed E-state index contributed by atoms with van der Waals surface area (Å²) in [5.74, 6) is 1.00. The second kappa shape index (κ2) is 4.09. The van der Waals surface area contributed by atoms with Crippen LogP contribution in [0.3, 0.4) is 0 Å². The van der Waals surface area contributed by atoms with Crippen LogP contribution in [-0.2, 0) is 0 Å². The molecule has 0 aromatic heterocycles. The van der Waals surface area contributed by atoms with E-state index >= 15 is 0 Å². The summed E-state index contributed by atoms with van der Waals surface area (Å²) < 4.78 is 0. The highest BCUT2D eigenvalue weighted by Gasteiger charge is 2.56. The van der Waals surface area contributed by atoms with Crippen LogP contribution in [0.2, 0.25) is 0 Å². The lowest BCUT2D eigenvalue weighted by Crippen LogP contribution is -2.27. The van der Waals surface area contributed by atoms with Gasteiger partial charge in [0, 0.05) is 11.5 Å². The topological polar surface area (TPSA) is 12.0 Å². The zero-order valence-corrected chi connectivity index (χ0v) is 11.1. The van der Waals surface area contributed by atoms with Crippen molar-refractivity contribution in [1.82, 2.24) is 5.32 Å². The number of allylic oxidation sites excluding steroid dienone is 5. The third-order valence-corrected chi connectivity index (χ3v) is 5.25. The fourth-order valence-electron chi connectivity index (χ4n) is 3.88. The van der Waals surface area contributed by atoms with E-state index in [2.05, 4.69) is 29.6 Å². The van der Waals surface area contributed by atoms with Crippen LogP contribution in [-0.4, -0.2) is 12.6 Å². The standard InChI is InChI=1S/C17H23N/c1-2-5-14-6-4-10-17(15(14)7-3-1)11-16(17)18-12-13-8-9-13/h2-3,5,7,13,16,18H,1,4,6,8-12H2. The Kier molecular flexibility index (Phi) is 2.51. The van der Waals surface area contributed by atoms with Crippen LogP contribution >= 0.6 is 0 Å². The number of rotatable bonds is 3. The molecule has 0 aliphatic heterocycles. The fourth-order valence-corrected chi connectivity index (χ4v) is 3.88. The summed E-state index contributed by atoms with van der Waals surface area (Å²) in [7, 11) is 0. The Morgan fingerprint density at radius 3 is 3.00 bits per heavy atom. The summed E-state index contributed by atoms with van der Waals surface area (Å²) in [6, 6.07) is 0.777. The lowest BCUT2D eigenvalue weighted by Gasteiger charge is -2.27. The van der Waals surface area contributed by atoms with Gasteiger partial charge in [-0.1, -0.05) is 24.3 Å². The fraction of sp³-hybridized carbons (Fsp3) is 0.647. The van der Waals surface area contributed by atoms with Crippen molar-refractivity contribution in [3.63, 3.8) is 0 Å². The molecule has 2 saturated carbocycles. The molecule has 0 saturated heterocycles. The first kappa shape index (κ1) is 11.0. The van der Waals surface area contributed by atoms with Crippen molar-refractivity contribution in [2.75, 3.05) is 6.54 Å². The zero-order chi connectivity index (χ0) is 12.0. The summed E-state index contributed by atoms with van der Waals surface area (Å²) >= 11 is 0. The molecule has 96 valence electrons. The minimum Gasteiger partial charge on any atom is -0.313 e. The van der Waals surface area contributed by atoms with E-state index in [0.29, 0.717) is 5.41 Å². The van der Waals surface area contributed by atoms with E-state index in [9.17, 15) is 0 Å². The van der Waals surface area contributed by atoms with E-state index in [1.807, 2.05) is 0 Å². The van der Waals surface area contributed by atoms with Gasteiger partial charge in [0.1, 0.15) is 0 Å². The third-order valence-electron chi connectivity index (χ3n) is 5.25. The minimum absolute atomic E-state index is 0.521. The van der Waals surface area contributed by atoms with Crippen molar-refractivity contribution < 1.29 is 0 Å². The van der Waals surface area contributed by atoms with E-state index < -0.39 is 0 Å². The molecule has 0 aromatic carbocycles. The summed E-state index contributed by atoms with van der Waals surface area (Å²) in [5.41, 5.74) is 3.83. The second-order valence-electron chi connectivity index (χ2n) is 6.60. The lowest BCUT2D eigenvalue weighted by atomic mass is 9.79. The molecular weight excluding hydrogens is 218 g/mol. The molecule has 1 heteroatoms. The zero-order valence-electron chi connectivity index (χ0n) is 11.1. The van der Waals surface area contributed by atoms with Gasteiger partial charge in [-0.3, -0.25) is 0 Å². The highest BCUT2D eigenvalue weighted by Crippen LogP contribution is 2.60. The molecule has 18 heavy (non-hydrogen) atoms. The van der Waals surface area contributed by atoms with Crippen LogP contribution in [0.15, 0.2) is 35.5 Å². The van der Waals surface area contributed by atoms with Crippen LogP contribution in [0.4, 0.5) is 0 Å². The average Bonchev–Trinajstić information content (AvgIpc) is 3.25. The van der Waals surface area contributed by atoms with E-state index in [4.69, 9.17) is 0 Å². The molecule has 0 radical (unpaired) electrons. The van der Waals surface area contributed by atoms with E-state index in [1.165, 1.54) is 45.1 Å². The summed E-state index contributed by atoms with van der Waals surface area (Å²) in [4.78, 5) is 0. The number of fused-ring (bicyclic) bond motifs is 1. The maximum absolute atomic E-state index is 3.84. The first-order valence-electron chi connectivity index (χ1n) is 7.69. The molecule has 4 rings (SSSR count). The van der Waals surface area contributed by atoms with Gasteiger partial charge in [-0.15, -0.1) is 0 Å². The van der Waals surface area contributed by atoms with Gasteiger partial charge in [0.25, 0.3) is 0 Å². The normalized spacial score (nSPS) is 37.9. The Morgan fingerprint density at radius 2 is 2.11 bits per heavy atom. The first-order valence-corrected chi connectivity index (χ1v) is 7.69. The minimum atomic E-state index is 0.521. The maximum atomic E-state index is 3.84. The smallest absolute Gasteiger partial charge is 0.0174 e. The first-order chi connectivity index (χ1) is 8.88. The molecule has 0 heterocycles. The molecule has 2 fully saturated rings. The monoisotopic (exact) mass is 241 g/mol. The SMILES string of the molecule is C1=CC2=C(C=CC1)C1(CCC2)CC1NCC1CC1. The quantitative estimate of drug-likeness (QED) is 0.793. The van der Waals surface area contributed by atoms with Crippen LogP contribution in [0.1, 0.15) is 44.9 Å². The summed E-state index contributed by atoms with van der Waals surface area (Å²) in [6.07, 6.45) is 19.0. The number of hydrogen-bond acceptors (Lipinski definition) is 1. The molecule has 4 aliphatic rings. The van der Waals surface area contributed by atoms with E-state index in [0.717, 1.165) is 18.4 Å². The molecule has 1 spiro atoms.